The molecule has 1 fully saturated rings. The molecule has 2 aromatic rings. The summed E-state index contributed by atoms with van der Waals surface area (Å²) in [6, 6.07) is 7.21. The van der Waals surface area contributed by atoms with Gasteiger partial charge in [-0.1, -0.05) is 6.07 Å². The maximum Gasteiger partial charge on any atom is 0.311 e. The van der Waals surface area contributed by atoms with Crippen LogP contribution in [0.5, 0.6) is 28.7 Å². The molecule has 15 heteroatoms. The van der Waals surface area contributed by atoms with Gasteiger partial charge in [-0.05, 0) is 18.2 Å². The zero-order valence-electron chi connectivity index (χ0n) is 26.0. The number of hydrogen-bond acceptors (Lipinski definition) is 14. The number of nitrogens with zero attached hydrogens (tertiary/aromatic N) is 1. The first-order valence-corrected chi connectivity index (χ1v) is 15.4. The number of quaternary nitrogens is 1. The molecule has 48 heavy (non-hydrogen) atoms. The summed E-state index contributed by atoms with van der Waals surface area (Å²) in [4.78, 5) is 28.0. The maximum absolute atomic E-state index is 11.7. The van der Waals surface area contributed by atoms with Crippen molar-refractivity contribution in [3.8, 4) is 28.7 Å². The van der Waals surface area contributed by atoms with Crippen LogP contribution < -0.4 is 33.7 Å². The van der Waals surface area contributed by atoms with Crippen molar-refractivity contribution in [3.63, 3.8) is 0 Å². The number of aliphatic hydroxyl groups is 3. The van der Waals surface area contributed by atoms with Crippen molar-refractivity contribution in [1.29, 1.82) is 0 Å². The fourth-order valence-corrected chi connectivity index (χ4v) is 6.76. The fraction of sp³-hybridized carbons (Fsp3) is 0.424. The number of hydrogen-bond donors (Lipinski definition) is 4. The van der Waals surface area contributed by atoms with Crippen molar-refractivity contribution in [2.24, 2.45) is 4.99 Å². The molecule has 254 valence electrons. The van der Waals surface area contributed by atoms with Gasteiger partial charge < -0.3 is 58.4 Å². The zero-order valence-corrected chi connectivity index (χ0v) is 26.0. The van der Waals surface area contributed by atoms with Crippen LogP contribution in [0.25, 0.3) is 0 Å². The van der Waals surface area contributed by atoms with E-state index in [1.807, 2.05) is 18.2 Å². The summed E-state index contributed by atoms with van der Waals surface area (Å²) < 4.78 is 40.7. The molecule has 0 radical (unpaired) electrons. The predicted molar refractivity (Wildman–Crippen MR) is 160 cm³/mol. The number of methoxy groups -OCH3 is 2. The van der Waals surface area contributed by atoms with Crippen LogP contribution in [0.15, 0.2) is 53.3 Å². The summed E-state index contributed by atoms with van der Waals surface area (Å²) in [6.45, 7) is 0.846. The van der Waals surface area contributed by atoms with Crippen molar-refractivity contribution >= 4 is 17.7 Å². The lowest BCUT2D eigenvalue weighted by Crippen LogP contribution is -3.05. The lowest BCUT2D eigenvalue weighted by molar-refractivity contribution is -0.848. The van der Waals surface area contributed by atoms with Gasteiger partial charge in [0.05, 0.1) is 44.7 Å². The van der Waals surface area contributed by atoms with Crippen LogP contribution in [-0.2, 0) is 25.6 Å². The number of nitrogens with one attached hydrogen (secondary N) is 1. The van der Waals surface area contributed by atoms with Crippen LogP contribution in [0.1, 0.15) is 35.1 Å². The second-order valence-electron chi connectivity index (χ2n) is 12.0. The molecule has 4 N–H and O–H groups in total. The molecule has 5 heterocycles. The van der Waals surface area contributed by atoms with E-state index in [0.29, 0.717) is 36.1 Å². The van der Waals surface area contributed by atoms with Crippen molar-refractivity contribution < 1.29 is 68.1 Å². The Morgan fingerprint density at radius 2 is 1.94 bits per heavy atom. The summed E-state index contributed by atoms with van der Waals surface area (Å²) in [6.07, 6.45) is -3.50. The number of aliphatic hydroxyl groups excluding tert-OH is 3. The van der Waals surface area contributed by atoms with Gasteiger partial charge in [-0.25, -0.2) is 0 Å². The number of carboxylic acid groups (broad SMARTS) is 1. The van der Waals surface area contributed by atoms with E-state index in [2.05, 4.69) is 11.2 Å². The second kappa shape index (κ2) is 12.7. The topological polar surface area (TPSA) is 199 Å². The highest BCUT2D eigenvalue weighted by Crippen LogP contribution is 2.57. The molecule has 8 atom stereocenters. The molecule has 8 unspecified atom stereocenters. The van der Waals surface area contributed by atoms with Crippen molar-refractivity contribution in [2.75, 3.05) is 34.0 Å². The Hall–Kier alpha value is -4.67. The molecule has 15 nitrogen and oxygen atoms in total. The van der Waals surface area contributed by atoms with Gasteiger partial charge in [-0.2, -0.15) is 0 Å². The smallest absolute Gasteiger partial charge is 0.311 e. The molecular weight excluding hydrogens is 632 g/mol. The number of allylic oxidation sites excluding steroid dienone is 1. The highest BCUT2D eigenvalue weighted by molar-refractivity contribution is 6.06. The average Bonchev–Trinajstić information content (AvgIpc) is 3.77. The molecule has 7 rings (SSSR count). The third kappa shape index (κ3) is 5.73. The van der Waals surface area contributed by atoms with Crippen LogP contribution >= 0.6 is 0 Å². The monoisotopic (exact) mass is 666 g/mol. The minimum Gasteiger partial charge on any atom is -0.550 e. The number of rotatable bonds is 10. The van der Waals surface area contributed by atoms with E-state index in [-0.39, 0.29) is 18.3 Å². The Kier molecular flexibility index (Phi) is 8.47. The van der Waals surface area contributed by atoms with E-state index >= 15 is 0 Å². The number of aliphatic imine (C=N–C) groups is 1. The summed E-state index contributed by atoms with van der Waals surface area (Å²) in [5.74, 6) is -0.553. The number of carbonyl (C=O) groups is 2. The first-order chi connectivity index (χ1) is 23.1. The van der Waals surface area contributed by atoms with Gasteiger partial charge in [0.2, 0.25) is 12.0 Å². The van der Waals surface area contributed by atoms with Crippen LogP contribution in [-0.4, -0.2) is 97.7 Å². The largest absolute Gasteiger partial charge is 0.550 e. The van der Waals surface area contributed by atoms with Crippen molar-refractivity contribution in [2.45, 2.75) is 55.7 Å². The molecule has 0 aliphatic carbocycles. The summed E-state index contributed by atoms with van der Waals surface area (Å²) in [7, 11) is 3.12. The number of esters is 1. The van der Waals surface area contributed by atoms with Gasteiger partial charge in [-0.15, -0.1) is 0 Å². The fourth-order valence-electron chi connectivity index (χ4n) is 6.76. The molecule has 0 amide bonds. The molecule has 5 aliphatic rings. The predicted octanol–water partition coefficient (Wildman–Crippen LogP) is -1.57. The number of carboxylic acids is 1. The first kappa shape index (κ1) is 31.9. The average molecular weight is 667 g/mol. The highest BCUT2D eigenvalue weighted by atomic mass is 16.7. The molecule has 0 saturated carbocycles. The maximum atomic E-state index is 11.7. The lowest BCUT2D eigenvalue weighted by Gasteiger charge is -2.40. The molecule has 1 saturated heterocycles. The van der Waals surface area contributed by atoms with Crippen molar-refractivity contribution in [3.05, 3.63) is 65.0 Å². The van der Waals surface area contributed by atoms with Gasteiger partial charge >= 0.3 is 5.97 Å². The van der Waals surface area contributed by atoms with E-state index in [9.17, 15) is 30.0 Å². The Balaban J connectivity index is 1.19. The van der Waals surface area contributed by atoms with Crippen molar-refractivity contribution in [1.82, 2.24) is 0 Å². The molecule has 0 aromatic heterocycles. The van der Waals surface area contributed by atoms with Gasteiger partial charge in [0.25, 0.3) is 0 Å². The number of ether oxygens (including phenoxy) is 7. The minimum absolute atomic E-state index is 0.142. The van der Waals surface area contributed by atoms with E-state index in [1.54, 1.807) is 32.6 Å². The Labute approximate surface area is 274 Å². The summed E-state index contributed by atoms with van der Waals surface area (Å²) in [5.41, 5.74) is 4.61. The van der Waals surface area contributed by atoms with Crippen LogP contribution in [0.2, 0.25) is 0 Å². The molecule has 2 aromatic carbocycles. The Bertz CT molecular complexity index is 1720. The number of fused-ring (bicyclic) bond motifs is 6. The van der Waals surface area contributed by atoms with E-state index in [0.717, 1.165) is 32.9 Å². The van der Waals surface area contributed by atoms with E-state index in [1.165, 1.54) is 0 Å². The Morgan fingerprint density at radius 1 is 1.10 bits per heavy atom. The van der Waals surface area contributed by atoms with Gasteiger partial charge in [0.1, 0.15) is 73.6 Å². The van der Waals surface area contributed by atoms with Gasteiger partial charge in [0.15, 0.2) is 11.5 Å². The first-order valence-electron chi connectivity index (χ1n) is 15.4. The number of benzene rings is 2. The van der Waals surface area contributed by atoms with E-state index < -0.39 is 61.8 Å². The Morgan fingerprint density at radius 3 is 2.69 bits per heavy atom. The minimum atomic E-state index is -1.73. The second-order valence-corrected chi connectivity index (χ2v) is 12.0. The molecule has 0 bridgehead atoms. The third-order valence-corrected chi connectivity index (χ3v) is 9.05. The van der Waals surface area contributed by atoms with Crippen LogP contribution in [0.3, 0.4) is 0 Å². The normalized spacial score (nSPS) is 29.3. The molecule has 5 aliphatic heterocycles. The quantitative estimate of drug-likeness (QED) is 0.168. The number of carbonyl (C=O) groups excluding carboxylic acids is 2. The molecular formula is C33H34N2O13. The highest BCUT2D eigenvalue weighted by Gasteiger charge is 2.47. The molecule has 0 spiro atoms. The third-order valence-electron chi connectivity index (χ3n) is 9.05. The SMILES string of the molecule is COc1ccc2c(c1OC)OC1c3c(C[NH+]4C=C5C=CN=C5C4)cc(OC4OC(COC(=O)CC(=O)[O-])C(O)C(O)C4O)cc3OCC21. The van der Waals surface area contributed by atoms with Gasteiger partial charge in [0, 0.05) is 29.0 Å². The van der Waals surface area contributed by atoms with Crippen LogP contribution in [0, 0.1) is 0 Å². The van der Waals surface area contributed by atoms with E-state index in [4.69, 9.17) is 33.2 Å². The summed E-state index contributed by atoms with van der Waals surface area (Å²) in [5, 5.41) is 42.5. The zero-order chi connectivity index (χ0) is 33.7. The number of aliphatic carboxylic acids is 1. The summed E-state index contributed by atoms with van der Waals surface area (Å²) >= 11 is 0. The van der Waals surface area contributed by atoms with Crippen LogP contribution in [0.4, 0.5) is 0 Å². The standard InChI is InChI=1S/C33H34N2O13/c1-42-21-4-3-18-19-13-44-22-8-17(46-33-29(41)28(40)27(39)23(47-33)14-45-25(38)9-24(36)37)7-16(11-35-10-15-5-6-34-20(15)12-35)26(22)30(19)48-31(18)32(21)43-2/h3-8,10,19,23,27-30,33,39-41H,9,11-14H2,1-2H3,(H,36,37). The van der Waals surface area contributed by atoms with Gasteiger partial charge in [-0.3, -0.25) is 14.7 Å². The lowest BCUT2D eigenvalue weighted by atomic mass is 9.86.